The van der Waals surface area contributed by atoms with Crippen LogP contribution >= 0.6 is 0 Å². The Hall–Kier alpha value is -3.62. The topological polar surface area (TPSA) is 101 Å². The summed E-state index contributed by atoms with van der Waals surface area (Å²) < 4.78 is 6.94. The fourth-order valence-electron chi connectivity index (χ4n) is 3.13. The molecule has 0 aliphatic carbocycles. The molecule has 0 saturated heterocycles. The molecular weight excluding hydrogens is 432 g/mol. The number of benzene rings is 1. The van der Waals surface area contributed by atoms with Crippen molar-refractivity contribution < 1.29 is 14.3 Å². The van der Waals surface area contributed by atoms with E-state index in [9.17, 15) is 9.59 Å². The number of fused-ring (bicyclic) bond motifs is 1. The van der Waals surface area contributed by atoms with E-state index in [-0.39, 0.29) is 17.4 Å². The maximum atomic E-state index is 12.6. The van der Waals surface area contributed by atoms with Gasteiger partial charge in [0.2, 0.25) is 0 Å². The number of rotatable bonds is 6. The molecule has 0 saturated carbocycles. The van der Waals surface area contributed by atoms with E-state index in [0.717, 1.165) is 0 Å². The summed E-state index contributed by atoms with van der Waals surface area (Å²) in [5.74, 6) is 0.810. The lowest BCUT2D eigenvalue weighted by Gasteiger charge is -2.24. The number of nitrogens with zero attached hydrogens (tertiary/aromatic N) is 4. The molecule has 0 atom stereocenters. The van der Waals surface area contributed by atoms with Gasteiger partial charge in [-0.15, -0.1) is 5.10 Å². The number of carbonyl (C=O) groups excluding carboxylic acids is 2. The first-order valence-electron chi connectivity index (χ1n) is 11.3. The third-order valence-electron chi connectivity index (χ3n) is 5.03. The van der Waals surface area contributed by atoms with Gasteiger partial charge < -0.3 is 20.3 Å². The van der Waals surface area contributed by atoms with E-state index in [4.69, 9.17) is 4.74 Å². The number of hydrogen-bond acceptors (Lipinski definition) is 6. The molecule has 2 aromatic heterocycles. The quantitative estimate of drug-likeness (QED) is 0.552. The zero-order valence-corrected chi connectivity index (χ0v) is 21.0. The lowest BCUT2D eigenvalue weighted by molar-refractivity contribution is 0.0305. The van der Waals surface area contributed by atoms with Crippen LogP contribution in [0.4, 0.5) is 16.4 Å². The second-order valence-electron chi connectivity index (χ2n) is 10.3. The van der Waals surface area contributed by atoms with Gasteiger partial charge in [0.15, 0.2) is 11.5 Å². The molecule has 1 aromatic carbocycles. The van der Waals surface area contributed by atoms with Crippen LogP contribution in [0.5, 0.6) is 0 Å². The molecule has 2 amide bonds. The van der Waals surface area contributed by atoms with E-state index < -0.39 is 5.60 Å². The Balaban J connectivity index is 1.58. The molecular formula is C25H34N6O3. The first-order valence-corrected chi connectivity index (χ1v) is 11.3. The molecule has 0 radical (unpaired) electrons. The lowest BCUT2D eigenvalue weighted by atomic mass is 9.87. The number of hydrogen-bond donors (Lipinski definition) is 2. The van der Waals surface area contributed by atoms with Crippen molar-refractivity contribution in [3.05, 3.63) is 53.7 Å². The van der Waals surface area contributed by atoms with Crippen LogP contribution in [0.1, 0.15) is 57.5 Å². The summed E-state index contributed by atoms with van der Waals surface area (Å²) in [5, 5.41) is 10.5. The van der Waals surface area contributed by atoms with Crippen LogP contribution in [0, 0.1) is 0 Å². The van der Waals surface area contributed by atoms with Gasteiger partial charge in [0.1, 0.15) is 11.4 Å². The van der Waals surface area contributed by atoms with Gasteiger partial charge >= 0.3 is 6.09 Å². The number of ether oxygens (including phenoxy) is 1. The Bertz CT molecular complexity index is 1160. The largest absolute Gasteiger partial charge is 0.444 e. The Kier molecular flexibility index (Phi) is 7.14. The van der Waals surface area contributed by atoms with Crippen LogP contribution in [0.3, 0.4) is 0 Å². The monoisotopic (exact) mass is 466 g/mol. The van der Waals surface area contributed by atoms with Crippen LogP contribution in [0.2, 0.25) is 0 Å². The Morgan fingerprint density at radius 3 is 2.29 bits per heavy atom. The van der Waals surface area contributed by atoms with Crippen molar-refractivity contribution in [1.29, 1.82) is 0 Å². The number of aromatic nitrogens is 3. The average molecular weight is 467 g/mol. The average Bonchev–Trinajstić information content (AvgIpc) is 3.13. The SMILES string of the molecule is CN(CCNc1ccc2nc(NC(=O)c3ccc(C(C)(C)C)cc3)cn2n1)C(=O)OC(C)(C)C. The molecule has 182 valence electrons. The summed E-state index contributed by atoms with van der Waals surface area (Å²) in [7, 11) is 1.69. The van der Waals surface area contributed by atoms with Gasteiger partial charge in [-0.3, -0.25) is 4.79 Å². The van der Waals surface area contributed by atoms with E-state index in [2.05, 4.69) is 41.5 Å². The molecule has 0 bridgehead atoms. The molecule has 0 unspecified atom stereocenters. The van der Waals surface area contributed by atoms with Crippen LogP contribution in [-0.4, -0.2) is 57.2 Å². The Labute approximate surface area is 200 Å². The molecule has 0 spiro atoms. The highest BCUT2D eigenvalue weighted by molar-refractivity contribution is 6.03. The highest BCUT2D eigenvalue weighted by atomic mass is 16.6. The van der Waals surface area contributed by atoms with Crippen molar-refractivity contribution in [2.24, 2.45) is 0 Å². The summed E-state index contributed by atoms with van der Waals surface area (Å²) in [4.78, 5) is 30.6. The van der Waals surface area contributed by atoms with E-state index >= 15 is 0 Å². The third kappa shape index (κ3) is 6.69. The van der Waals surface area contributed by atoms with Crippen LogP contribution in [-0.2, 0) is 10.2 Å². The molecule has 0 fully saturated rings. The Morgan fingerprint density at radius 2 is 1.68 bits per heavy atom. The Morgan fingerprint density at radius 1 is 1.00 bits per heavy atom. The third-order valence-corrected chi connectivity index (χ3v) is 5.03. The normalized spacial score (nSPS) is 11.9. The van der Waals surface area contributed by atoms with Gasteiger partial charge in [-0.2, -0.15) is 0 Å². The smallest absolute Gasteiger partial charge is 0.410 e. The summed E-state index contributed by atoms with van der Waals surface area (Å²) in [6.07, 6.45) is 1.29. The second kappa shape index (κ2) is 9.70. The van der Waals surface area contributed by atoms with Gasteiger partial charge in [0.05, 0.1) is 6.20 Å². The van der Waals surface area contributed by atoms with Crippen LogP contribution in [0.15, 0.2) is 42.6 Å². The van der Waals surface area contributed by atoms with Crippen LogP contribution < -0.4 is 10.6 Å². The fourth-order valence-corrected chi connectivity index (χ4v) is 3.13. The van der Waals surface area contributed by atoms with E-state index in [0.29, 0.717) is 35.9 Å². The van der Waals surface area contributed by atoms with Crippen molar-refractivity contribution >= 4 is 29.3 Å². The summed E-state index contributed by atoms with van der Waals surface area (Å²) in [5.41, 5.74) is 1.83. The summed E-state index contributed by atoms with van der Waals surface area (Å²) in [6.45, 7) is 12.9. The molecule has 3 aromatic rings. The molecule has 3 rings (SSSR count). The molecule has 0 aliphatic heterocycles. The minimum Gasteiger partial charge on any atom is -0.444 e. The van der Waals surface area contributed by atoms with Gasteiger partial charge in [-0.05, 0) is 56.0 Å². The van der Waals surface area contributed by atoms with Crippen molar-refractivity contribution in [3.63, 3.8) is 0 Å². The zero-order valence-electron chi connectivity index (χ0n) is 21.0. The highest BCUT2D eigenvalue weighted by Gasteiger charge is 2.19. The maximum Gasteiger partial charge on any atom is 0.410 e. The van der Waals surface area contributed by atoms with Crippen molar-refractivity contribution in [1.82, 2.24) is 19.5 Å². The van der Waals surface area contributed by atoms with Gasteiger partial charge in [-0.25, -0.2) is 14.3 Å². The van der Waals surface area contributed by atoms with Crippen molar-refractivity contribution in [2.75, 3.05) is 30.8 Å². The van der Waals surface area contributed by atoms with Gasteiger partial charge in [0.25, 0.3) is 5.91 Å². The molecule has 2 N–H and O–H groups in total. The molecule has 0 aliphatic rings. The molecule has 9 nitrogen and oxygen atoms in total. The molecule has 9 heteroatoms. The van der Waals surface area contributed by atoms with Crippen molar-refractivity contribution in [3.8, 4) is 0 Å². The first-order chi connectivity index (χ1) is 15.8. The predicted octanol–water partition coefficient (Wildman–Crippen LogP) is 4.56. The highest BCUT2D eigenvalue weighted by Crippen LogP contribution is 2.22. The van der Waals surface area contributed by atoms with Crippen molar-refractivity contribution in [2.45, 2.75) is 52.6 Å². The van der Waals surface area contributed by atoms with Crippen LogP contribution in [0.25, 0.3) is 5.65 Å². The lowest BCUT2D eigenvalue weighted by Crippen LogP contribution is -2.36. The number of likely N-dealkylation sites (N-methyl/N-ethyl adjacent to an activating group) is 1. The standard InChI is InChI=1S/C25H34N6O3/c1-24(2,3)18-10-8-17(9-11-18)22(32)28-20-16-31-21(27-20)13-12-19(29-31)26-14-15-30(7)23(33)34-25(4,5)6/h8-13,16H,14-15H2,1-7H3,(H,26,29)(H,28,32). The fraction of sp³-hybridized carbons (Fsp3) is 0.440. The number of anilines is 2. The van der Waals surface area contributed by atoms with Gasteiger partial charge in [-0.1, -0.05) is 32.9 Å². The number of imidazole rings is 1. The minimum atomic E-state index is -0.532. The van der Waals surface area contributed by atoms with E-state index in [1.807, 2.05) is 45.0 Å². The number of nitrogens with one attached hydrogen (secondary N) is 2. The minimum absolute atomic E-state index is 0.0269. The van der Waals surface area contributed by atoms with Gasteiger partial charge in [0, 0.05) is 25.7 Å². The first kappa shape index (κ1) is 25.0. The second-order valence-corrected chi connectivity index (χ2v) is 10.3. The maximum absolute atomic E-state index is 12.6. The summed E-state index contributed by atoms with van der Waals surface area (Å²) in [6, 6.07) is 11.2. The number of carbonyl (C=O) groups is 2. The van der Waals surface area contributed by atoms with E-state index in [1.54, 1.807) is 29.9 Å². The zero-order chi connectivity index (χ0) is 25.1. The number of amides is 2. The van der Waals surface area contributed by atoms with E-state index in [1.165, 1.54) is 10.5 Å². The molecule has 2 heterocycles. The summed E-state index contributed by atoms with van der Waals surface area (Å²) >= 11 is 0. The predicted molar refractivity (Wildman–Crippen MR) is 133 cm³/mol. The molecule has 34 heavy (non-hydrogen) atoms.